The summed E-state index contributed by atoms with van der Waals surface area (Å²) in [4.78, 5) is 44.1. The molecule has 0 saturated carbocycles. The van der Waals surface area contributed by atoms with Crippen LogP contribution < -0.4 is 25.4 Å². The predicted molar refractivity (Wildman–Crippen MR) is 167 cm³/mol. The van der Waals surface area contributed by atoms with E-state index in [0.29, 0.717) is 33.4 Å². The van der Waals surface area contributed by atoms with E-state index in [9.17, 15) is 14.4 Å². The summed E-state index contributed by atoms with van der Waals surface area (Å²) in [5.74, 6) is -0.215. The topological polar surface area (TPSA) is 119 Å². The van der Waals surface area contributed by atoms with Crippen molar-refractivity contribution in [3.8, 4) is 11.5 Å². The molecule has 4 aromatic rings. The maximum absolute atomic E-state index is 13.4. The fourth-order valence-electron chi connectivity index (χ4n) is 3.81. The van der Waals surface area contributed by atoms with Crippen LogP contribution in [-0.4, -0.2) is 42.2 Å². The Kier molecular flexibility index (Phi) is 10.4. The minimum atomic E-state index is -0.531. The van der Waals surface area contributed by atoms with E-state index in [4.69, 9.17) is 9.47 Å². The number of amides is 3. The number of thioether (sulfide) groups is 1. The number of anilines is 2. The van der Waals surface area contributed by atoms with E-state index < -0.39 is 11.8 Å². The minimum absolute atomic E-state index is 0.0107. The van der Waals surface area contributed by atoms with E-state index in [1.54, 1.807) is 60.7 Å². The van der Waals surface area contributed by atoms with Crippen LogP contribution in [0.3, 0.4) is 0 Å². The van der Waals surface area contributed by atoms with Crippen molar-refractivity contribution < 1.29 is 23.9 Å². The van der Waals surface area contributed by atoms with E-state index in [2.05, 4.69) is 20.9 Å². The van der Waals surface area contributed by atoms with Gasteiger partial charge < -0.3 is 25.4 Å². The molecule has 0 aliphatic rings. The second kappa shape index (κ2) is 14.3. The number of aromatic nitrogens is 1. The van der Waals surface area contributed by atoms with Crippen LogP contribution in [0.2, 0.25) is 0 Å². The molecule has 4 rings (SSSR count). The van der Waals surface area contributed by atoms with Crippen molar-refractivity contribution in [2.45, 2.75) is 24.0 Å². The molecular formula is C31H30N4O5S2. The molecule has 3 N–H and O–H groups in total. The fourth-order valence-corrected chi connectivity index (χ4v) is 5.37. The lowest BCUT2D eigenvalue weighted by molar-refractivity contribution is -0.115. The zero-order chi connectivity index (χ0) is 30.1. The molecule has 0 spiro atoms. The number of rotatable bonds is 11. The zero-order valence-electron chi connectivity index (χ0n) is 23.5. The molecule has 0 aliphatic carbocycles. The van der Waals surface area contributed by atoms with E-state index in [1.165, 1.54) is 43.4 Å². The molecule has 1 heterocycles. The molecule has 1 atom stereocenters. The Bertz CT molecular complexity index is 1590. The van der Waals surface area contributed by atoms with Crippen LogP contribution in [0.25, 0.3) is 6.08 Å². The molecule has 3 amide bonds. The molecule has 0 bridgehead atoms. The molecule has 216 valence electrons. The molecule has 9 nitrogen and oxygen atoms in total. The highest BCUT2D eigenvalue weighted by Crippen LogP contribution is 2.32. The number of carbonyl (C=O) groups is 3. The minimum Gasteiger partial charge on any atom is -0.493 e. The van der Waals surface area contributed by atoms with Gasteiger partial charge in [-0.15, -0.1) is 23.1 Å². The number of hydrogen-bond donors (Lipinski definition) is 3. The number of nitrogens with one attached hydrogen (secondary N) is 3. The number of hydrogen-bond acceptors (Lipinski definition) is 8. The van der Waals surface area contributed by atoms with Gasteiger partial charge in [0, 0.05) is 27.1 Å². The maximum Gasteiger partial charge on any atom is 0.272 e. The average molecular weight is 603 g/mol. The summed E-state index contributed by atoms with van der Waals surface area (Å²) in [6.07, 6.45) is 1.53. The number of ether oxygens (including phenoxy) is 2. The number of aryl methyl sites for hydroxylation is 1. The van der Waals surface area contributed by atoms with Crippen molar-refractivity contribution in [1.29, 1.82) is 0 Å². The van der Waals surface area contributed by atoms with Crippen molar-refractivity contribution in [1.82, 2.24) is 10.3 Å². The standard InChI is InChI=1S/C31H30N4O5S2/c1-19-18-41-31(32-19)35-28(36)20(2)42-24-15-13-23(14-16-24)33-30(38)25(34-29(37)21-9-6-5-7-10-21)17-22-11-8-12-26(39-3)27(22)40-4/h5-18,20H,1-4H3,(H,33,38)(H,34,37)(H,32,35,36)/b25-17-. The SMILES string of the molecule is COc1cccc(/C=C(\NC(=O)c2ccccc2)C(=O)Nc2ccc(SC(C)C(=O)Nc3nc(C)cs3)cc2)c1OC. The number of para-hydroxylation sites is 1. The first-order valence-electron chi connectivity index (χ1n) is 12.9. The highest BCUT2D eigenvalue weighted by molar-refractivity contribution is 8.00. The van der Waals surface area contributed by atoms with Gasteiger partial charge in [0.1, 0.15) is 5.70 Å². The van der Waals surface area contributed by atoms with Gasteiger partial charge in [0.25, 0.3) is 11.8 Å². The van der Waals surface area contributed by atoms with Gasteiger partial charge in [-0.3, -0.25) is 14.4 Å². The van der Waals surface area contributed by atoms with Crippen molar-refractivity contribution in [2.75, 3.05) is 24.9 Å². The van der Waals surface area contributed by atoms with Crippen LogP contribution >= 0.6 is 23.1 Å². The Balaban J connectivity index is 1.50. The van der Waals surface area contributed by atoms with Crippen molar-refractivity contribution in [3.05, 3.63) is 101 Å². The van der Waals surface area contributed by atoms with Gasteiger partial charge in [-0.1, -0.05) is 30.3 Å². The Morgan fingerprint density at radius 3 is 2.31 bits per heavy atom. The fraction of sp³-hybridized carbons (Fsp3) is 0.161. The molecule has 0 saturated heterocycles. The second-order valence-electron chi connectivity index (χ2n) is 8.98. The number of thiazole rings is 1. The third kappa shape index (κ3) is 7.99. The van der Waals surface area contributed by atoms with Gasteiger partial charge in [0.05, 0.1) is 25.2 Å². The lowest BCUT2D eigenvalue weighted by atomic mass is 10.1. The predicted octanol–water partition coefficient (Wildman–Crippen LogP) is 6.00. The van der Waals surface area contributed by atoms with Gasteiger partial charge >= 0.3 is 0 Å². The van der Waals surface area contributed by atoms with Crippen molar-refractivity contribution >= 4 is 57.7 Å². The highest BCUT2D eigenvalue weighted by Gasteiger charge is 2.19. The molecule has 3 aromatic carbocycles. The van der Waals surface area contributed by atoms with Crippen LogP contribution in [-0.2, 0) is 9.59 Å². The van der Waals surface area contributed by atoms with Gasteiger partial charge in [-0.2, -0.15) is 0 Å². The first-order chi connectivity index (χ1) is 20.3. The summed E-state index contributed by atoms with van der Waals surface area (Å²) in [5, 5.41) is 10.5. The first-order valence-corrected chi connectivity index (χ1v) is 14.6. The number of benzene rings is 3. The van der Waals surface area contributed by atoms with E-state index >= 15 is 0 Å². The van der Waals surface area contributed by atoms with Gasteiger partial charge in [0.2, 0.25) is 5.91 Å². The lowest BCUT2D eigenvalue weighted by Crippen LogP contribution is -2.30. The van der Waals surface area contributed by atoms with Gasteiger partial charge in [0.15, 0.2) is 16.6 Å². The summed E-state index contributed by atoms with van der Waals surface area (Å²) < 4.78 is 10.9. The van der Waals surface area contributed by atoms with E-state index in [-0.39, 0.29) is 16.9 Å². The van der Waals surface area contributed by atoms with Crippen molar-refractivity contribution in [3.63, 3.8) is 0 Å². The van der Waals surface area contributed by atoms with Gasteiger partial charge in [-0.25, -0.2) is 4.98 Å². The molecule has 1 unspecified atom stereocenters. The van der Waals surface area contributed by atoms with Crippen LogP contribution in [0.5, 0.6) is 11.5 Å². The van der Waals surface area contributed by atoms with E-state index in [1.807, 2.05) is 31.4 Å². The second-order valence-corrected chi connectivity index (χ2v) is 11.3. The summed E-state index contributed by atoms with van der Waals surface area (Å²) in [5.41, 5.74) is 2.32. The largest absolute Gasteiger partial charge is 0.493 e. The average Bonchev–Trinajstić information content (AvgIpc) is 3.41. The third-order valence-corrected chi connectivity index (χ3v) is 7.89. The highest BCUT2D eigenvalue weighted by atomic mass is 32.2. The van der Waals surface area contributed by atoms with Crippen LogP contribution in [0.15, 0.2) is 88.8 Å². The maximum atomic E-state index is 13.4. The Morgan fingerprint density at radius 2 is 1.67 bits per heavy atom. The Morgan fingerprint density at radius 1 is 0.929 bits per heavy atom. The lowest BCUT2D eigenvalue weighted by Gasteiger charge is -2.14. The van der Waals surface area contributed by atoms with Crippen molar-refractivity contribution in [2.24, 2.45) is 0 Å². The first kappa shape index (κ1) is 30.4. The molecule has 11 heteroatoms. The monoisotopic (exact) mass is 602 g/mol. The third-order valence-electron chi connectivity index (χ3n) is 5.91. The number of methoxy groups -OCH3 is 2. The number of nitrogens with zero attached hydrogens (tertiary/aromatic N) is 1. The quantitative estimate of drug-likeness (QED) is 0.142. The number of carbonyl (C=O) groups excluding carboxylic acids is 3. The Labute approximate surface area is 252 Å². The van der Waals surface area contributed by atoms with Crippen LogP contribution in [0.1, 0.15) is 28.5 Å². The Hall–Kier alpha value is -4.61. The smallest absolute Gasteiger partial charge is 0.272 e. The summed E-state index contributed by atoms with van der Waals surface area (Å²) in [6, 6.07) is 21.0. The molecule has 0 fully saturated rings. The molecule has 42 heavy (non-hydrogen) atoms. The van der Waals surface area contributed by atoms with Crippen LogP contribution in [0, 0.1) is 6.92 Å². The van der Waals surface area contributed by atoms with E-state index in [0.717, 1.165) is 10.6 Å². The zero-order valence-corrected chi connectivity index (χ0v) is 25.1. The normalized spacial score (nSPS) is 11.8. The summed E-state index contributed by atoms with van der Waals surface area (Å²) in [6.45, 7) is 3.69. The summed E-state index contributed by atoms with van der Waals surface area (Å²) in [7, 11) is 3.02. The molecular weight excluding hydrogens is 572 g/mol. The summed E-state index contributed by atoms with van der Waals surface area (Å²) >= 11 is 2.77. The molecule has 0 aliphatic heterocycles. The molecule has 0 radical (unpaired) electrons. The van der Waals surface area contributed by atoms with Gasteiger partial charge in [-0.05, 0) is 62.4 Å². The molecule has 1 aromatic heterocycles. The van der Waals surface area contributed by atoms with Crippen LogP contribution in [0.4, 0.5) is 10.8 Å².